The van der Waals surface area contributed by atoms with Crippen molar-refractivity contribution in [1.82, 2.24) is 0 Å². The summed E-state index contributed by atoms with van der Waals surface area (Å²) in [6.45, 7) is -1.12. The highest BCUT2D eigenvalue weighted by Crippen LogP contribution is 2.17. The monoisotopic (exact) mass is 250 g/mol. The maximum Gasteiger partial charge on any atom is 0.335 e. The lowest BCUT2D eigenvalue weighted by Gasteiger charge is -2.04. The fourth-order valence-corrected chi connectivity index (χ4v) is 2.15. The lowest BCUT2D eigenvalue weighted by atomic mass is 10.2. The molecule has 0 aliphatic heterocycles. The Bertz CT molecular complexity index is 510. The predicted molar refractivity (Wildman–Crippen MR) is 51.4 cm³/mol. The number of hydrogen-bond donors (Lipinski definition) is 1. The highest BCUT2D eigenvalue weighted by molar-refractivity contribution is 7.91. The molecule has 1 N–H and O–H groups in total. The Labute approximate surface area is 90.4 Å². The number of rotatable bonds is 4. The normalized spacial score (nSPS) is 11.4. The Balaban J connectivity index is 3.23. The van der Waals surface area contributed by atoms with Crippen molar-refractivity contribution < 1.29 is 27.1 Å². The second-order valence-electron chi connectivity index (χ2n) is 2.96. The summed E-state index contributed by atoms with van der Waals surface area (Å²) >= 11 is 0. The van der Waals surface area contributed by atoms with Gasteiger partial charge in [-0.15, -0.1) is 0 Å². The van der Waals surface area contributed by atoms with Crippen LogP contribution in [0.25, 0.3) is 0 Å². The van der Waals surface area contributed by atoms with Gasteiger partial charge in [-0.1, -0.05) is 0 Å². The molecule has 0 bridgehead atoms. The average Bonchev–Trinajstić information content (AvgIpc) is 2.16. The Hall–Kier alpha value is -1.50. The van der Waals surface area contributed by atoms with E-state index in [4.69, 9.17) is 5.11 Å². The molecule has 0 aliphatic carbocycles. The molecule has 0 saturated heterocycles. The first-order valence-electron chi connectivity index (χ1n) is 4.20. The van der Waals surface area contributed by atoms with Crippen LogP contribution >= 0.6 is 0 Å². The second-order valence-corrected chi connectivity index (χ2v) is 5.04. The van der Waals surface area contributed by atoms with E-state index >= 15 is 0 Å². The van der Waals surface area contributed by atoms with Crippen LogP contribution in [0.1, 0.15) is 10.4 Å². The molecular weight excluding hydrogens is 242 g/mol. The molecule has 0 spiro atoms. The SMILES string of the molecule is O=C(O)c1ccc(S(=O)(=O)CCF)c(F)c1. The number of carbonyl (C=O) groups is 1. The van der Waals surface area contributed by atoms with Crippen LogP contribution in [0.3, 0.4) is 0 Å². The summed E-state index contributed by atoms with van der Waals surface area (Å²) in [5, 5.41) is 8.53. The molecule has 88 valence electrons. The molecule has 0 radical (unpaired) electrons. The van der Waals surface area contributed by atoms with Crippen LogP contribution in [-0.2, 0) is 9.84 Å². The first kappa shape index (κ1) is 12.6. The van der Waals surface area contributed by atoms with Gasteiger partial charge in [0.25, 0.3) is 0 Å². The van der Waals surface area contributed by atoms with Gasteiger partial charge in [0.05, 0.1) is 11.3 Å². The second kappa shape index (κ2) is 4.56. The minimum atomic E-state index is -4.03. The molecule has 1 aromatic rings. The van der Waals surface area contributed by atoms with Crippen molar-refractivity contribution >= 4 is 15.8 Å². The van der Waals surface area contributed by atoms with Crippen molar-refractivity contribution in [3.8, 4) is 0 Å². The van der Waals surface area contributed by atoms with E-state index in [9.17, 15) is 22.0 Å². The Morgan fingerprint density at radius 1 is 1.38 bits per heavy atom. The first-order chi connectivity index (χ1) is 7.38. The Morgan fingerprint density at radius 3 is 2.44 bits per heavy atom. The molecule has 0 aliphatic rings. The smallest absolute Gasteiger partial charge is 0.335 e. The van der Waals surface area contributed by atoms with Crippen molar-refractivity contribution in [1.29, 1.82) is 0 Å². The van der Waals surface area contributed by atoms with Gasteiger partial charge < -0.3 is 5.11 Å². The summed E-state index contributed by atoms with van der Waals surface area (Å²) in [5.41, 5.74) is -0.364. The fraction of sp³-hybridized carbons (Fsp3) is 0.222. The molecule has 0 heterocycles. The molecule has 0 fully saturated rings. The molecule has 1 aromatic carbocycles. The van der Waals surface area contributed by atoms with E-state index in [0.29, 0.717) is 6.07 Å². The zero-order chi connectivity index (χ0) is 12.3. The van der Waals surface area contributed by atoms with Crippen molar-refractivity contribution in [3.63, 3.8) is 0 Å². The number of hydrogen-bond acceptors (Lipinski definition) is 3. The van der Waals surface area contributed by atoms with E-state index in [1.807, 2.05) is 0 Å². The number of carboxylic acid groups (broad SMARTS) is 1. The molecule has 0 aromatic heterocycles. The summed E-state index contributed by atoms with van der Waals surface area (Å²) in [7, 11) is -4.03. The van der Waals surface area contributed by atoms with Gasteiger partial charge in [0, 0.05) is 0 Å². The van der Waals surface area contributed by atoms with Crippen LogP contribution in [0.5, 0.6) is 0 Å². The van der Waals surface area contributed by atoms with Crippen LogP contribution in [0, 0.1) is 5.82 Å². The molecular formula is C9H8F2O4S. The van der Waals surface area contributed by atoms with E-state index in [0.717, 1.165) is 12.1 Å². The maximum atomic E-state index is 13.3. The fourth-order valence-electron chi connectivity index (χ4n) is 1.10. The number of sulfone groups is 1. The molecule has 0 unspecified atom stereocenters. The number of benzene rings is 1. The highest BCUT2D eigenvalue weighted by Gasteiger charge is 2.20. The summed E-state index contributed by atoms with van der Waals surface area (Å²) in [6, 6.07) is 2.37. The number of halogens is 2. The van der Waals surface area contributed by atoms with Crippen LogP contribution in [-0.4, -0.2) is 31.9 Å². The van der Waals surface area contributed by atoms with Gasteiger partial charge in [-0.3, -0.25) is 0 Å². The van der Waals surface area contributed by atoms with Crippen molar-refractivity contribution in [2.45, 2.75) is 4.90 Å². The minimum Gasteiger partial charge on any atom is -0.478 e. The minimum absolute atomic E-state index is 0.364. The van der Waals surface area contributed by atoms with Crippen molar-refractivity contribution in [2.75, 3.05) is 12.4 Å². The van der Waals surface area contributed by atoms with Gasteiger partial charge in [0.2, 0.25) is 0 Å². The molecule has 0 amide bonds. The topological polar surface area (TPSA) is 71.4 Å². The van der Waals surface area contributed by atoms with Gasteiger partial charge in [-0.25, -0.2) is 22.0 Å². The summed E-state index contributed by atoms with van der Waals surface area (Å²) in [4.78, 5) is 9.78. The molecule has 16 heavy (non-hydrogen) atoms. The first-order valence-corrected chi connectivity index (χ1v) is 5.85. The van der Waals surface area contributed by atoms with E-state index < -0.39 is 38.9 Å². The molecule has 1 rings (SSSR count). The lowest BCUT2D eigenvalue weighted by Crippen LogP contribution is -2.11. The third kappa shape index (κ3) is 2.54. The largest absolute Gasteiger partial charge is 0.478 e. The molecule has 4 nitrogen and oxygen atoms in total. The van der Waals surface area contributed by atoms with Crippen LogP contribution < -0.4 is 0 Å². The average molecular weight is 250 g/mol. The van der Waals surface area contributed by atoms with Crippen LogP contribution in [0.4, 0.5) is 8.78 Å². The summed E-state index contributed by atoms with van der Waals surface area (Å²) in [5.74, 6) is -3.38. The van der Waals surface area contributed by atoms with Crippen molar-refractivity contribution in [2.24, 2.45) is 0 Å². The number of alkyl halides is 1. The van der Waals surface area contributed by atoms with Crippen LogP contribution in [0.2, 0.25) is 0 Å². The standard InChI is InChI=1S/C9H8F2O4S/c10-3-4-16(14,15)8-2-1-6(9(12)13)5-7(8)11/h1-2,5H,3-4H2,(H,12,13). The number of carboxylic acids is 1. The predicted octanol–water partition coefficient (Wildman–Crippen LogP) is 1.27. The summed E-state index contributed by atoms with van der Waals surface area (Å²) < 4.78 is 47.8. The summed E-state index contributed by atoms with van der Waals surface area (Å²) in [6.07, 6.45) is 0. The third-order valence-corrected chi connectivity index (χ3v) is 3.55. The quantitative estimate of drug-likeness (QED) is 0.873. The van der Waals surface area contributed by atoms with E-state index in [-0.39, 0.29) is 5.56 Å². The molecule has 0 atom stereocenters. The van der Waals surface area contributed by atoms with E-state index in [1.54, 1.807) is 0 Å². The zero-order valence-corrected chi connectivity index (χ0v) is 8.80. The van der Waals surface area contributed by atoms with Crippen LogP contribution in [0.15, 0.2) is 23.1 Å². The van der Waals surface area contributed by atoms with Gasteiger partial charge in [0.1, 0.15) is 17.4 Å². The van der Waals surface area contributed by atoms with Gasteiger partial charge in [0.15, 0.2) is 9.84 Å². The van der Waals surface area contributed by atoms with Gasteiger partial charge in [-0.2, -0.15) is 0 Å². The molecule has 0 saturated carbocycles. The van der Waals surface area contributed by atoms with E-state index in [1.165, 1.54) is 0 Å². The third-order valence-electron chi connectivity index (χ3n) is 1.86. The van der Waals surface area contributed by atoms with E-state index in [2.05, 4.69) is 0 Å². The Morgan fingerprint density at radius 2 is 2.00 bits per heavy atom. The van der Waals surface area contributed by atoms with Crippen molar-refractivity contribution in [3.05, 3.63) is 29.6 Å². The zero-order valence-electron chi connectivity index (χ0n) is 7.98. The molecule has 7 heteroatoms. The maximum absolute atomic E-state index is 13.3. The van der Waals surface area contributed by atoms with Gasteiger partial charge in [-0.05, 0) is 18.2 Å². The van der Waals surface area contributed by atoms with Gasteiger partial charge >= 0.3 is 5.97 Å². The number of aromatic carboxylic acids is 1. The highest BCUT2D eigenvalue weighted by atomic mass is 32.2. The lowest BCUT2D eigenvalue weighted by molar-refractivity contribution is 0.0696. The Kier molecular flexibility index (Phi) is 3.58.